The lowest BCUT2D eigenvalue weighted by Gasteiger charge is -2.14. The van der Waals surface area contributed by atoms with Crippen LogP contribution in [0.1, 0.15) is 31.9 Å². The summed E-state index contributed by atoms with van der Waals surface area (Å²) in [6, 6.07) is 13.3. The van der Waals surface area contributed by atoms with Gasteiger partial charge >= 0.3 is 0 Å². The summed E-state index contributed by atoms with van der Waals surface area (Å²) in [5, 5.41) is 7.31. The van der Waals surface area contributed by atoms with E-state index >= 15 is 0 Å². The molecule has 4 rings (SSSR count). The van der Waals surface area contributed by atoms with Gasteiger partial charge in [0.2, 0.25) is 0 Å². The normalized spacial score (nSPS) is 12.1. The quantitative estimate of drug-likeness (QED) is 0.457. The van der Waals surface area contributed by atoms with Crippen molar-refractivity contribution in [2.45, 2.75) is 32.9 Å². The van der Waals surface area contributed by atoms with E-state index in [1.165, 1.54) is 5.56 Å². The second-order valence-electron chi connectivity index (χ2n) is 7.71. The van der Waals surface area contributed by atoms with Crippen molar-refractivity contribution in [3.05, 3.63) is 70.8 Å². The van der Waals surface area contributed by atoms with E-state index in [0.29, 0.717) is 22.8 Å². The minimum Gasteiger partial charge on any atom is -0.382 e. The molecule has 3 heterocycles. The van der Waals surface area contributed by atoms with E-state index in [4.69, 9.17) is 10.3 Å². The van der Waals surface area contributed by atoms with Crippen LogP contribution in [0.15, 0.2) is 64.2 Å². The Bertz CT molecular complexity index is 1280. The number of aromatic nitrogens is 4. The zero-order valence-corrected chi connectivity index (χ0v) is 18.4. The van der Waals surface area contributed by atoms with Gasteiger partial charge in [-0.2, -0.15) is 0 Å². The molecule has 0 aliphatic heterocycles. The van der Waals surface area contributed by atoms with E-state index in [9.17, 15) is 4.79 Å². The highest BCUT2D eigenvalue weighted by atomic mass is 16.5. The number of nitrogens with zero attached hydrogens (tertiary/aromatic N) is 4. The van der Waals surface area contributed by atoms with Crippen molar-refractivity contribution >= 4 is 5.82 Å². The average molecular weight is 431 g/mol. The van der Waals surface area contributed by atoms with Gasteiger partial charge in [0, 0.05) is 42.0 Å². The lowest BCUT2D eigenvalue weighted by atomic mass is 10.1. The molecule has 0 aliphatic rings. The molecular weight excluding hydrogens is 404 g/mol. The summed E-state index contributed by atoms with van der Waals surface area (Å²) in [5.41, 5.74) is 10.6. The lowest BCUT2D eigenvalue weighted by Crippen LogP contribution is -2.21. The molecule has 0 bridgehead atoms. The summed E-state index contributed by atoms with van der Waals surface area (Å²) in [6.07, 6.45) is 4.25. The van der Waals surface area contributed by atoms with Gasteiger partial charge < -0.3 is 20.1 Å². The second kappa shape index (κ2) is 9.15. The number of nitrogens with one attached hydrogen (secondary N) is 1. The molecule has 1 unspecified atom stereocenters. The molecule has 3 aromatic heterocycles. The first-order chi connectivity index (χ1) is 15.5. The average Bonchev–Trinajstić information content (AvgIpc) is 3.30. The Morgan fingerprint density at radius 1 is 1.12 bits per heavy atom. The Morgan fingerprint density at radius 2 is 1.88 bits per heavy atom. The van der Waals surface area contributed by atoms with Crippen LogP contribution in [-0.4, -0.2) is 26.7 Å². The maximum absolute atomic E-state index is 12.2. The summed E-state index contributed by atoms with van der Waals surface area (Å²) < 4.78 is 7.26. The van der Waals surface area contributed by atoms with Crippen LogP contribution < -0.4 is 16.6 Å². The Morgan fingerprint density at radius 3 is 2.59 bits per heavy atom. The number of nitrogens with two attached hydrogens (primary N) is 1. The van der Waals surface area contributed by atoms with E-state index in [1.54, 1.807) is 35.2 Å². The molecule has 0 radical (unpaired) electrons. The largest absolute Gasteiger partial charge is 0.382 e. The SMILES string of the molecule is CCC(C)n1cc(-c2cnc(N)c(-c3cc(-c4ccc(CNC)cc4)no3)n2)ccc1=O. The highest BCUT2D eigenvalue weighted by Crippen LogP contribution is 2.29. The first kappa shape index (κ1) is 21.5. The molecule has 0 saturated carbocycles. The molecule has 0 fully saturated rings. The van der Waals surface area contributed by atoms with Gasteiger partial charge in [-0.25, -0.2) is 9.97 Å². The van der Waals surface area contributed by atoms with E-state index in [1.807, 2.05) is 45.2 Å². The Labute approximate surface area is 186 Å². The number of hydrogen-bond donors (Lipinski definition) is 2. The molecule has 4 aromatic rings. The third kappa shape index (κ3) is 4.31. The maximum atomic E-state index is 12.2. The number of pyridine rings is 1. The van der Waals surface area contributed by atoms with Crippen molar-refractivity contribution in [2.75, 3.05) is 12.8 Å². The molecule has 1 atom stereocenters. The minimum absolute atomic E-state index is 0.0488. The fraction of sp³-hybridized carbons (Fsp3) is 0.250. The maximum Gasteiger partial charge on any atom is 0.250 e. The first-order valence-corrected chi connectivity index (χ1v) is 10.6. The number of rotatable bonds is 7. The molecule has 8 heteroatoms. The third-order valence-corrected chi connectivity index (χ3v) is 5.47. The number of hydrogen-bond acceptors (Lipinski definition) is 7. The van der Waals surface area contributed by atoms with Crippen LogP contribution in [-0.2, 0) is 6.54 Å². The van der Waals surface area contributed by atoms with Gasteiger partial charge in [-0.3, -0.25) is 4.79 Å². The topological polar surface area (TPSA) is 112 Å². The number of anilines is 1. The zero-order chi connectivity index (χ0) is 22.7. The van der Waals surface area contributed by atoms with Gasteiger partial charge in [-0.1, -0.05) is 36.3 Å². The lowest BCUT2D eigenvalue weighted by molar-refractivity contribution is 0.434. The van der Waals surface area contributed by atoms with Crippen molar-refractivity contribution in [2.24, 2.45) is 0 Å². The highest BCUT2D eigenvalue weighted by Gasteiger charge is 2.16. The molecule has 0 aliphatic carbocycles. The van der Waals surface area contributed by atoms with Crippen LogP contribution in [0.4, 0.5) is 5.82 Å². The van der Waals surface area contributed by atoms with Crippen LogP contribution in [0.25, 0.3) is 34.0 Å². The van der Waals surface area contributed by atoms with Gasteiger partial charge in [-0.05, 0) is 32.0 Å². The molecule has 0 amide bonds. The van der Waals surface area contributed by atoms with Gasteiger partial charge in [0.25, 0.3) is 5.56 Å². The Hall–Kier alpha value is -3.78. The van der Waals surface area contributed by atoms with Crippen LogP contribution >= 0.6 is 0 Å². The smallest absolute Gasteiger partial charge is 0.250 e. The standard InChI is InChI=1S/C24H26N6O2/c1-4-15(2)30-14-18(9-10-22(30)31)20-13-27-24(25)23(28-20)21-11-19(29-32-21)17-7-5-16(6-8-17)12-26-3/h5-11,13-15,26H,4,12H2,1-3H3,(H2,25,27). The fourth-order valence-electron chi connectivity index (χ4n) is 3.44. The fourth-order valence-corrected chi connectivity index (χ4v) is 3.44. The molecule has 3 N–H and O–H groups in total. The van der Waals surface area contributed by atoms with E-state index in [0.717, 1.165) is 24.1 Å². The van der Waals surface area contributed by atoms with Gasteiger partial charge in [-0.15, -0.1) is 0 Å². The van der Waals surface area contributed by atoms with Crippen LogP contribution in [0.2, 0.25) is 0 Å². The molecule has 8 nitrogen and oxygen atoms in total. The zero-order valence-electron chi connectivity index (χ0n) is 18.4. The summed E-state index contributed by atoms with van der Waals surface area (Å²) in [5.74, 6) is 0.678. The molecule has 1 aromatic carbocycles. The second-order valence-corrected chi connectivity index (χ2v) is 7.71. The van der Waals surface area contributed by atoms with Crippen molar-refractivity contribution in [1.82, 2.24) is 25.0 Å². The summed E-state index contributed by atoms with van der Waals surface area (Å²) in [4.78, 5) is 21.2. The highest BCUT2D eigenvalue weighted by molar-refractivity contribution is 5.72. The van der Waals surface area contributed by atoms with Gasteiger partial charge in [0.15, 0.2) is 17.3 Å². The van der Waals surface area contributed by atoms with Crippen LogP contribution in [0, 0.1) is 0 Å². The molecule has 32 heavy (non-hydrogen) atoms. The van der Waals surface area contributed by atoms with Crippen molar-refractivity contribution in [1.29, 1.82) is 0 Å². The number of nitrogen functional groups attached to an aromatic ring is 1. The van der Waals surface area contributed by atoms with Crippen LogP contribution in [0.5, 0.6) is 0 Å². The molecule has 0 saturated heterocycles. The van der Waals surface area contributed by atoms with Crippen molar-refractivity contribution in [3.63, 3.8) is 0 Å². The van der Waals surface area contributed by atoms with E-state index < -0.39 is 0 Å². The van der Waals surface area contributed by atoms with Crippen molar-refractivity contribution in [3.8, 4) is 34.0 Å². The van der Waals surface area contributed by atoms with E-state index in [2.05, 4.69) is 20.4 Å². The van der Waals surface area contributed by atoms with E-state index in [-0.39, 0.29) is 17.4 Å². The number of benzene rings is 1. The van der Waals surface area contributed by atoms with Crippen molar-refractivity contribution < 1.29 is 4.52 Å². The summed E-state index contributed by atoms with van der Waals surface area (Å²) in [7, 11) is 1.91. The molecular formula is C24H26N6O2. The first-order valence-electron chi connectivity index (χ1n) is 10.6. The minimum atomic E-state index is -0.0488. The van der Waals surface area contributed by atoms with Gasteiger partial charge in [0.05, 0.1) is 11.9 Å². The molecule has 0 spiro atoms. The van der Waals surface area contributed by atoms with Gasteiger partial charge in [0.1, 0.15) is 5.69 Å². The molecule has 164 valence electrons. The Kier molecular flexibility index (Phi) is 6.13. The summed E-state index contributed by atoms with van der Waals surface area (Å²) >= 11 is 0. The predicted octanol–water partition coefficient (Wildman–Crippen LogP) is 3.90. The monoisotopic (exact) mass is 430 g/mol. The predicted molar refractivity (Wildman–Crippen MR) is 125 cm³/mol. The van der Waals surface area contributed by atoms with Crippen LogP contribution in [0.3, 0.4) is 0 Å². The third-order valence-electron chi connectivity index (χ3n) is 5.47. The summed E-state index contributed by atoms with van der Waals surface area (Å²) in [6.45, 7) is 4.85. The Balaban J connectivity index is 1.68.